The van der Waals surface area contributed by atoms with Crippen molar-refractivity contribution < 1.29 is 22.7 Å². The highest BCUT2D eigenvalue weighted by Crippen LogP contribution is 2.42. The highest BCUT2D eigenvalue weighted by atomic mass is 79.9. The van der Waals surface area contributed by atoms with Crippen molar-refractivity contribution in [2.75, 3.05) is 19.7 Å². The van der Waals surface area contributed by atoms with E-state index in [1.807, 2.05) is 6.92 Å². The van der Waals surface area contributed by atoms with E-state index in [2.05, 4.69) is 15.9 Å². The molecule has 0 fully saturated rings. The van der Waals surface area contributed by atoms with Crippen molar-refractivity contribution in [2.45, 2.75) is 38.8 Å². The number of ether oxygens (including phenoxy) is 1. The van der Waals surface area contributed by atoms with Crippen LogP contribution in [0, 0.1) is 0 Å². The summed E-state index contributed by atoms with van der Waals surface area (Å²) >= 11 is 4.52. The van der Waals surface area contributed by atoms with Crippen LogP contribution in [0.1, 0.15) is 35.1 Å². The van der Waals surface area contributed by atoms with Crippen LogP contribution in [0.2, 0.25) is 0 Å². The van der Waals surface area contributed by atoms with Gasteiger partial charge in [0, 0.05) is 33.2 Å². The second-order valence-electron chi connectivity index (χ2n) is 5.26. The first kappa shape index (κ1) is 17.6. The highest BCUT2D eigenvalue weighted by Gasteiger charge is 2.34. The minimum Gasteiger partial charge on any atom is -0.450 e. The van der Waals surface area contributed by atoms with Gasteiger partial charge in [-0.1, -0.05) is 6.92 Å². The molecule has 8 heteroatoms. The first-order chi connectivity index (χ1) is 10.2. The lowest BCUT2D eigenvalue weighted by molar-refractivity contribution is -0.126. The summed E-state index contributed by atoms with van der Waals surface area (Å²) in [6, 6.07) is 0. The largest absolute Gasteiger partial charge is 0.450 e. The van der Waals surface area contributed by atoms with Gasteiger partial charge in [-0.05, 0) is 34.8 Å². The van der Waals surface area contributed by atoms with E-state index in [0.717, 1.165) is 10.4 Å². The first-order valence-electron chi connectivity index (χ1n) is 7.01. The van der Waals surface area contributed by atoms with Crippen LogP contribution in [0.4, 0.5) is 18.0 Å². The summed E-state index contributed by atoms with van der Waals surface area (Å²) < 4.78 is 43.5. The third kappa shape index (κ3) is 3.95. The number of alkyl halides is 3. The van der Waals surface area contributed by atoms with Gasteiger partial charge in [0.15, 0.2) is 0 Å². The number of carbonyl (C=O) groups excluding carboxylic acids is 1. The maximum absolute atomic E-state index is 12.6. The Bertz CT molecular complexity index is 559. The quantitative estimate of drug-likeness (QED) is 0.718. The summed E-state index contributed by atoms with van der Waals surface area (Å²) in [5.41, 5.74) is 0.899. The average molecular weight is 400 g/mol. The van der Waals surface area contributed by atoms with E-state index >= 15 is 0 Å². The van der Waals surface area contributed by atoms with E-state index in [4.69, 9.17) is 4.74 Å². The summed E-state index contributed by atoms with van der Waals surface area (Å²) in [6.45, 7) is 4.90. The number of fused-ring (bicyclic) bond motifs is 1. The molecule has 0 spiro atoms. The smallest absolute Gasteiger partial charge is 0.409 e. The lowest BCUT2D eigenvalue weighted by atomic mass is 10.0. The monoisotopic (exact) mass is 399 g/mol. The van der Waals surface area contributed by atoms with Gasteiger partial charge in [0.05, 0.1) is 13.0 Å². The molecule has 0 saturated carbocycles. The van der Waals surface area contributed by atoms with E-state index < -0.39 is 12.6 Å². The molecule has 1 aromatic rings. The van der Waals surface area contributed by atoms with Crippen LogP contribution in [-0.2, 0) is 17.6 Å². The van der Waals surface area contributed by atoms with Crippen molar-refractivity contribution in [3.05, 3.63) is 19.8 Å². The molecule has 22 heavy (non-hydrogen) atoms. The minimum atomic E-state index is -4.22. The molecular weight excluding hydrogens is 383 g/mol. The molecule has 1 atom stereocenters. The Morgan fingerprint density at radius 1 is 1.50 bits per heavy atom. The fourth-order valence-corrected chi connectivity index (χ4v) is 5.11. The van der Waals surface area contributed by atoms with Gasteiger partial charge < -0.3 is 9.64 Å². The van der Waals surface area contributed by atoms with Gasteiger partial charge in [-0.25, -0.2) is 4.79 Å². The molecule has 0 saturated heterocycles. The Morgan fingerprint density at radius 3 is 2.77 bits per heavy atom. The zero-order valence-electron chi connectivity index (χ0n) is 12.3. The zero-order chi connectivity index (χ0) is 16.5. The summed E-state index contributed by atoms with van der Waals surface area (Å²) in [5, 5.41) is 0. The fourth-order valence-electron chi connectivity index (χ4n) is 2.62. The van der Waals surface area contributed by atoms with Crippen molar-refractivity contribution >= 4 is 33.4 Å². The molecule has 0 bridgehead atoms. The fraction of sp³-hybridized carbons (Fsp3) is 0.643. The normalized spacial score (nSPS) is 18.8. The standard InChI is InChI=1S/C14H17BrF3NO2S/c1-3-21-13(20)19-5-4-9-11(8(2)7-19)12(15)10(22-9)6-14(16,17)18/h8H,3-7H2,1-2H3. The molecule has 2 rings (SSSR count). The lowest BCUT2D eigenvalue weighted by Gasteiger charge is -2.22. The van der Waals surface area contributed by atoms with E-state index in [-0.39, 0.29) is 12.0 Å². The second-order valence-corrected chi connectivity index (χ2v) is 7.25. The van der Waals surface area contributed by atoms with Crippen molar-refractivity contribution in [3.8, 4) is 0 Å². The third-order valence-electron chi connectivity index (χ3n) is 3.51. The molecule has 3 nitrogen and oxygen atoms in total. The molecule has 2 heterocycles. The van der Waals surface area contributed by atoms with Gasteiger partial charge in [0.1, 0.15) is 0 Å². The summed E-state index contributed by atoms with van der Waals surface area (Å²) in [4.78, 5) is 14.7. The number of rotatable bonds is 2. The van der Waals surface area contributed by atoms with E-state index in [1.165, 1.54) is 11.3 Å². The number of hydrogen-bond donors (Lipinski definition) is 0. The predicted octanol–water partition coefficient (Wildman–Crippen LogP) is 4.73. The number of halogens is 4. The van der Waals surface area contributed by atoms with Crippen LogP contribution < -0.4 is 0 Å². The van der Waals surface area contributed by atoms with Gasteiger partial charge in [0.2, 0.25) is 0 Å². The van der Waals surface area contributed by atoms with Crippen molar-refractivity contribution in [3.63, 3.8) is 0 Å². The van der Waals surface area contributed by atoms with Gasteiger partial charge >= 0.3 is 12.3 Å². The van der Waals surface area contributed by atoms with E-state index in [9.17, 15) is 18.0 Å². The number of carbonyl (C=O) groups is 1. The molecule has 0 radical (unpaired) electrons. The Labute approximate surface area is 139 Å². The molecule has 1 amide bonds. The zero-order valence-corrected chi connectivity index (χ0v) is 14.7. The Morgan fingerprint density at radius 2 is 2.18 bits per heavy atom. The van der Waals surface area contributed by atoms with Crippen LogP contribution in [-0.4, -0.2) is 36.9 Å². The molecular formula is C14H17BrF3NO2S. The van der Waals surface area contributed by atoms with Crippen molar-refractivity contribution in [1.82, 2.24) is 4.90 Å². The van der Waals surface area contributed by atoms with Crippen molar-refractivity contribution in [1.29, 1.82) is 0 Å². The summed E-state index contributed by atoms with van der Waals surface area (Å²) in [7, 11) is 0. The molecule has 1 aliphatic rings. The Balaban J connectivity index is 2.22. The molecule has 1 aliphatic heterocycles. The first-order valence-corrected chi connectivity index (χ1v) is 8.62. The van der Waals surface area contributed by atoms with Crippen LogP contribution in [0.5, 0.6) is 0 Å². The predicted molar refractivity (Wildman–Crippen MR) is 82.5 cm³/mol. The molecule has 0 N–H and O–H groups in total. The maximum atomic E-state index is 12.6. The van der Waals surface area contributed by atoms with Crippen LogP contribution >= 0.6 is 27.3 Å². The maximum Gasteiger partial charge on any atom is 0.409 e. The molecule has 0 aromatic carbocycles. The average Bonchev–Trinajstić information content (AvgIpc) is 2.59. The SMILES string of the molecule is CCOC(=O)N1CCc2sc(CC(F)(F)F)c(Br)c2C(C)C1. The van der Waals surface area contributed by atoms with Gasteiger partial charge in [0.25, 0.3) is 0 Å². The Kier molecular flexibility index (Phi) is 5.42. The van der Waals surface area contributed by atoms with E-state index in [1.54, 1.807) is 11.8 Å². The van der Waals surface area contributed by atoms with Gasteiger partial charge in [-0.3, -0.25) is 0 Å². The molecule has 1 unspecified atom stereocenters. The van der Waals surface area contributed by atoms with Crippen LogP contribution in [0.3, 0.4) is 0 Å². The third-order valence-corrected chi connectivity index (χ3v) is 5.94. The summed E-state index contributed by atoms with van der Waals surface area (Å²) in [5.74, 6) is -0.0329. The van der Waals surface area contributed by atoms with Gasteiger partial charge in [-0.2, -0.15) is 13.2 Å². The highest BCUT2D eigenvalue weighted by molar-refractivity contribution is 9.10. The molecule has 1 aromatic heterocycles. The lowest BCUT2D eigenvalue weighted by Crippen LogP contribution is -2.34. The number of thiophene rings is 1. The van der Waals surface area contributed by atoms with Crippen LogP contribution in [0.15, 0.2) is 4.47 Å². The summed E-state index contributed by atoms with van der Waals surface area (Å²) in [6.07, 6.45) is -4.94. The second kappa shape index (κ2) is 6.78. The topological polar surface area (TPSA) is 29.5 Å². The molecule has 0 aliphatic carbocycles. The van der Waals surface area contributed by atoms with Crippen LogP contribution in [0.25, 0.3) is 0 Å². The number of hydrogen-bond acceptors (Lipinski definition) is 3. The van der Waals surface area contributed by atoms with E-state index in [0.29, 0.717) is 35.5 Å². The molecule has 124 valence electrons. The van der Waals surface area contributed by atoms with Gasteiger partial charge in [-0.15, -0.1) is 11.3 Å². The minimum absolute atomic E-state index is 0.0329. The van der Waals surface area contributed by atoms with Crippen molar-refractivity contribution in [2.24, 2.45) is 0 Å². The number of nitrogens with zero attached hydrogens (tertiary/aromatic N) is 1. The Hall–Kier alpha value is -0.760. The number of amides is 1.